The van der Waals surface area contributed by atoms with Crippen molar-refractivity contribution in [2.45, 2.75) is 19.1 Å². The molecule has 1 aromatic heterocycles. The van der Waals surface area contributed by atoms with Gasteiger partial charge in [-0.15, -0.1) is 0 Å². The number of rotatable bonds is 4. The number of aromatic nitrogens is 1. The summed E-state index contributed by atoms with van der Waals surface area (Å²) in [6, 6.07) is 0.721. The van der Waals surface area contributed by atoms with Gasteiger partial charge in [-0.3, -0.25) is 4.79 Å². The van der Waals surface area contributed by atoms with Crippen molar-refractivity contribution in [1.82, 2.24) is 10.3 Å². The molecule has 1 aromatic rings. The number of halogens is 1. The molecule has 0 unspecified atom stereocenters. The lowest BCUT2D eigenvalue weighted by molar-refractivity contribution is -0.141. The molecule has 3 N–H and O–H groups in total. The zero-order valence-corrected chi connectivity index (χ0v) is 8.92. The van der Waals surface area contributed by atoms with E-state index >= 15 is 0 Å². The fourth-order valence-corrected chi connectivity index (χ4v) is 1.12. The van der Waals surface area contributed by atoms with E-state index in [1.54, 1.807) is 0 Å². The standard InChI is InChI=1S/C10H11FN2O4/c1-5(14)8(10(16)17)13-9(15)6-2-3-7(11)12-4-6/h2-5,8,14H,1H3,(H,13,15)(H,16,17)/t5-,8+/m1/s1. The molecule has 17 heavy (non-hydrogen) atoms. The van der Waals surface area contributed by atoms with Crippen molar-refractivity contribution in [1.29, 1.82) is 0 Å². The number of hydrogen-bond donors (Lipinski definition) is 3. The SMILES string of the molecule is C[C@@H](O)[C@H](NC(=O)c1ccc(F)nc1)C(=O)O. The number of pyridine rings is 1. The normalized spacial score (nSPS) is 13.8. The zero-order valence-electron chi connectivity index (χ0n) is 8.92. The Bertz CT molecular complexity index is 419. The largest absolute Gasteiger partial charge is 0.480 e. The number of hydrogen-bond acceptors (Lipinski definition) is 4. The van der Waals surface area contributed by atoms with Crippen LogP contribution in [0.25, 0.3) is 0 Å². The second-order valence-electron chi connectivity index (χ2n) is 3.40. The van der Waals surface area contributed by atoms with Crippen LogP contribution in [0.2, 0.25) is 0 Å². The molecule has 1 heterocycles. The summed E-state index contributed by atoms with van der Waals surface area (Å²) in [5, 5.41) is 20.0. The number of carboxylic acids is 1. The Labute approximate surface area is 96.1 Å². The Morgan fingerprint density at radius 1 is 1.47 bits per heavy atom. The number of aliphatic carboxylic acids is 1. The van der Waals surface area contributed by atoms with Crippen LogP contribution in [0.4, 0.5) is 4.39 Å². The second kappa shape index (κ2) is 5.35. The molecule has 0 fully saturated rings. The third-order valence-corrected chi connectivity index (χ3v) is 2.02. The van der Waals surface area contributed by atoms with E-state index in [4.69, 9.17) is 10.2 Å². The van der Waals surface area contributed by atoms with Gasteiger partial charge in [-0.1, -0.05) is 0 Å². The lowest BCUT2D eigenvalue weighted by atomic mass is 10.1. The summed E-state index contributed by atoms with van der Waals surface area (Å²) in [7, 11) is 0. The van der Waals surface area contributed by atoms with Crippen LogP contribution in [0.3, 0.4) is 0 Å². The van der Waals surface area contributed by atoms with Crippen molar-refractivity contribution < 1.29 is 24.2 Å². The third-order valence-electron chi connectivity index (χ3n) is 2.02. The fourth-order valence-electron chi connectivity index (χ4n) is 1.12. The molecular weight excluding hydrogens is 231 g/mol. The number of aliphatic hydroxyl groups excluding tert-OH is 1. The van der Waals surface area contributed by atoms with E-state index in [0.29, 0.717) is 0 Å². The number of nitrogens with zero attached hydrogens (tertiary/aromatic N) is 1. The van der Waals surface area contributed by atoms with Gasteiger partial charge >= 0.3 is 5.97 Å². The van der Waals surface area contributed by atoms with Gasteiger partial charge in [0.05, 0.1) is 11.7 Å². The van der Waals surface area contributed by atoms with Crippen LogP contribution in [-0.2, 0) is 4.79 Å². The molecule has 0 saturated heterocycles. The number of carbonyl (C=O) groups excluding carboxylic acids is 1. The average molecular weight is 242 g/mol. The molecular formula is C10H11FN2O4. The molecule has 0 aliphatic heterocycles. The van der Waals surface area contributed by atoms with E-state index in [1.165, 1.54) is 13.0 Å². The topological polar surface area (TPSA) is 99.5 Å². The van der Waals surface area contributed by atoms with Crippen LogP contribution in [0.15, 0.2) is 18.3 Å². The van der Waals surface area contributed by atoms with Gasteiger partial charge in [-0.2, -0.15) is 4.39 Å². The van der Waals surface area contributed by atoms with Crippen molar-refractivity contribution in [2.75, 3.05) is 0 Å². The van der Waals surface area contributed by atoms with E-state index in [2.05, 4.69) is 10.3 Å². The van der Waals surface area contributed by atoms with E-state index in [1.807, 2.05) is 0 Å². The van der Waals surface area contributed by atoms with Crippen molar-refractivity contribution in [2.24, 2.45) is 0 Å². The fraction of sp³-hybridized carbons (Fsp3) is 0.300. The monoisotopic (exact) mass is 242 g/mol. The maximum absolute atomic E-state index is 12.5. The highest BCUT2D eigenvalue weighted by molar-refractivity contribution is 5.96. The molecule has 0 bridgehead atoms. The zero-order chi connectivity index (χ0) is 13.0. The molecule has 6 nitrogen and oxygen atoms in total. The average Bonchev–Trinajstić information content (AvgIpc) is 2.25. The lowest BCUT2D eigenvalue weighted by Crippen LogP contribution is -2.47. The van der Waals surface area contributed by atoms with Crippen molar-refractivity contribution in [3.63, 3.8) is 0 Å². The number of amides is 1. The predicted octanol–water partition coefficient (Wildman–Crippen LogP) is -0.216. The minimum atomic E-state index is -1.42. The van der Waals surface area contributed by atoms with Gasteiger partial charge < -0.3 is 15.5 Å². The third kappa shape index (κ3) is 3.49. The van der Waals surface area contributed by atoms with Crippen molar-refractivity contribution >= 4 is 11.9 Å². The minimum absolute atomic E-state index is 0.0123. The summed E-state index contributed by atoms with van der Waals surface area (Å²) in [4.78, 5) is 25.5. The lowest BCUT2D eigenvalue weighted by Gasteiger charge is -2.16. The Kier molecular flexibility index (Phi) is 4.11. The van der Waals surface area contributed by atoms with Gasteiger partial charge in [-0.05, 0) is 19.1 Å². The molecule has 0 aromatic carbocycles. The van der Waals surface area contributed by atoms with Crippen LogP contribution < -0.4 is 5.32 Å². The van der Waals surface area contributed by atoms with Gasteiger partial charge in [0.2, 0.25) is 5.95 Å². The van der Waals surface area contributed by atoms with Crippen LogP contribution in [0.5, 0.6) is 0 Å². The first-order valence-electron chi connectivity index (χ1n) is 4.75. The first kappa shape index (κ1) is 13.0. The Morgan fingerprint density at radius 3 is 2.53 bits per heavy atom. The number of carboxylic acid groups (broad SMARTS) is 1. The second-order valence-corrected chi connectivity index (χ2v) is 3.40. The first-order valence-corrected chi connectivity index (χ1v) is 4.75. The van der Waals surface area contributed by atoms with Gasteiger partial charge in [-0.25, -0.2) is 9.78 Å². The van der Waals surface area contributed by atoms with Crippen molar-refractivity contribution in [3.8, 4) is 0 Å². The minimum Gasteiger partial charge on any atom is -0.480 e. The molecule has 1 amide bonds. The van der Waals surface area contributed by atoms with Crippen molar-refractivity contribution in [3.05, 3.63) is 29.8 Å². The molecule has 0 spiro atoms. The van der Waals surface area contributed by atoms with E-state index in [-0.39, 0.29) is 5.56 Å². The van der Waals surface area contributed by atoms with Gasteiger partial charge in [0.25, 0.3) is 5.91 Å². The maximum Gasteiger partial charge on any atom is 0.328 e. The summed E-state index contributed by atoms with van der Waals surface area (Å²) in [6.45, 7) is 1.24. The molecule has 2 atom stereocenters. The number of carbonyl (C=O) groups is 2. The highest BCUT2D eigenvalue weighted by Gasteiger charge is 2.25. The molecule has 7 heteroatoms. The maximum atomic E-state index is 12.5. The summed E-state index contributed by atoms with van der Waals surface area (Å²) < 4.78 is 12.5. The van der Waals surface area contributed by atoms with Gasteiger partial charge in [0.1, 0.15) is 0 Å². The summed E-state index contributed by atoms with van der Waals surface area (Å²) in [5.41, 5.74) is 0.0123. The smallest absolute Gasteiger partial charge is 0.328 e. The highest BCUT2D eigenvalue weighted by atomic mass is 19.1. The molecule has 0 radical (unpaired) electrons. The Hall–Kier alpha value is -2.02. The number of aliphatic hydroxyl groups is 1. The summed E-state index contributed by atoms with van der Waals surface area (Å²) in [6.07, 6.45) is -0.268. The quantitative estimate of drug-likeness (QED) is 0.634. The van der Waals surface area contributed by atoms with E-state index in [0.717, 1.165) is 12.3 Å². The summed E-state index contributed by atoms with van der Waals surface area (Å²) >= 11 is 0. The molecule has 0 saturated carbocycles. The van der Waals surface area contributed by atoms with E-state index in [9.17, 15) is 14.0 Å². The van der Waals surface area contributed by atoms with Crippen LogP contribution in [0.1, 0.15) is 17.3 Å². The van der Waals surface area contributed by atoms with E-state index < -0.39 is 30.0 Å². The Balaban J connectivity index is 2.77. The first-order chi connectivity index (χ1) is 7.91. The molecule has 0 aliphatic rings. The molecule has 92 valence electrons. The number of nitrogens with one attached hydrogen (secondary N) is 1. The predicted molar refractivity (Wildman–Crippen MR) is 54.8 cm³/mol. The molecule has 1 rings (SSSR count). The van der Waals surface area contributed by atoms with Crippen LogP contribution >= 0.6 is 0 Å². The summed E-state index contributed by atoms with van der Waals surface area (Å²) in [5.74, 6) is -2.85. The van der Waals surface area contributed by atoms with Gasteiger partial charge in [0, 0.05) is 6.20 Å². The van der Waals surface area contributed by atoms with Crippen LogP contribution in [0, 0.1) is 5.95 Å². The van der Waals surface area contributed by atoms with Gasteiger partial charge in [0.15, 0.2) is 6.04 Å². The highest BCUT2D eigenvalue weighted by Crippen LogP contribution is 2.01. The Morgan fingerprint density at radius 2 is 2.12 bits per heavy atom. The molecule has 0 aliphatic carbocycles. The van der Waals surface area contributed by atoms with Crippen LogP contribution in [-0.4, -0.2) is 39.2 Å².